The number of amides is 3. The third kappa shape index (κ3) is 4.61. The van der Waals surface area contributed by atoms with E-state index in [2.05, 4.69) is 5.32 Å². The molecule has 2 fully saturated rings. The summed E-state index contributed by atoms with van der Waals surface area (Å²) in [6.07, 6.45) is 5.03. The quantitative estimate of drug-likeness (QED) is 0.738. The zero-order chi connectivity index (χ0) is 15.9. The van der Waals surface area contributed by atoms with Crippen LogP contribution in [0.4, 0.5) is 4.79 Å². The molecule has 1 atom stereocenters. The molecule has 2 saturated heterocycles. The van der Waals surface area contributed by atoms with Crippen LogP contribution in [0.25, 0.3) is 0 Å². The standard InChI is InChI=1S/C15H25N3O4/c19-13-5-2-1-3-8-17(13)9-4-7-16-15(22)18-10-6-12(11-18)14(20)21/h12H,1-11H2,(H,16,22)(H,20,21). The van der Waals surface area contributed by atoms with Crippen LogP contribution in [0.3, 0.4) is 0 Å². The molecule has 3 amide bonds. The van der Waals surface area contributed by atoms with E-state index >= 15 is 0 Å². The first kappa shape index (κ1) is 16.6. The average molecular weight is 311 g/mol. The van der Waals surface area contributed by atoms with Gasteiger partial charge in [0.1, 0.15) is 0 Å². The Morgan fingerprint density at radius 3 is 2.77 bits per heavy atom. The molecule has 2 aliphatic rings. The van der Waals surface area contributed by atoms with Gasteiger partial charge in [0, 0.05) is 39.1 Å². The molecule has 0 aromatic carbocycles. The second-order valence-corrected chi connectivity index (χ2v) is 6.05. The molecule has 0 radical (unpaired) electrons. The summed E-state index contributed by atoms with van der Waals surface area (Å²) in [4.78, 5) is 38.1. The van der Waals surface area contributed by atoms with Gasteiger partial charge in [-0.1, -0.05) is 6.42 Å². The lowest BCUT2D eigenvalue weighted by atomic mass is 10.1. The van der Waals surface area contributed by atoms with Gasteiger partial charge in [0.25, 0.3) is 0 Å². The largest absolute Gasteiger partial charge is 0.481 e. The molecule has 124 valence electrons. The second-order valence-electron chi connectivity index (χ2n) is 6.05. The second kappa shape index (κ2) is 8.00. The van der Waals surface area contributed by atoms with Crippen LogP contribution >= 0.6 is 0 Å². The highest BCUT2D eigenvalue weighted by atomic mass is 16.4. The number of urea groups is 1. The van der Waals surface area contributed by atoms with Crippen LogP contribution in [-0.4, -0.2) is 65.5 Å². The average Bonchev–Trinajstić information content (AvgIpc) is 2.90. The van der Waals surface area contributed by atoms with Gasteiger partial charge in [0.05, 0.1) is 5.92 Å². The Bertz CT molecular complexity index is 427. The fraction of sp³-hybridized carbons (Fsp3) is 0.800. The highest BCUT2D eigenvalue weighted by Gasteiger charge is 2.30. The van der Waals surface area contributed by atoms with Crippen LogP contribution in [0, 0.1) is 5.92 Å². The number of rotatable bonds is 5. The molecule has 0 aromatic heterocycles. The number of hydrogen-bond acceptors (Lipinski definition) is 3. The molecular formula is C15H25N3O4. The van der Waals surface area contributed by atoms with E-state index in [9.17, 15) is 14.4 Å². The van der Waals surface area contributed by atoms with Crippen molar-refractivity contribution in [3.63, 3.8) is 0 Å². The van der Waals surface area contributed by atoms with Crippen LogP contribution in [-0.2, 0) is 9.59 Å². The summed E-state index contributed by atoms with van der Waals surface area (Å²) in [5.74, 6) is -1.07. The Kier molecular flexibility index (Phi) is 6.03. The van der Waals surface area contributed by atoms with Gasteiger partial charge >= 0.3 is 12.0 Å². The molecule has 7 nitrogen and oxygen atoms in total. The normalized spacial score (nSPS) is 22.5. The lowest BCUT2D eigenvalue weighted by molar-refractivity contribution is -0.141. The Balaban J connectivity index is 1.63. The maximum Gasteiger partial charge on any atom is 0.317 e. The summed E-state index contributed by atoms with van der Waals surface area (Å²) < 4.78 is 0. The number of nitrogens with one attached hydrogen (secondary N) is 1. The third-order valence-electron chi connectivity index (χ3n) is 4.38. The molecule has 2 rings (SSSR count). The van der Waals surface area contributed by atoms with Crippen molar-refractivity contribution in [1.82, 2.24) is 15.1 Å². The van der Waals surface area contributed by atoms with Crippen molar-refractivity contribution in [2.75, 3.05) is 32.7 Å². The molecule has 2 heterocycles. The number of carboxylic acids is 1. The lowest BCUT2D eigenvalue weighted by Crippen LogP contribution is -2.40. The van der Waals surface area contributed by atoms with Crippen molar-refractivity contribution >= 4 is 17.9 Å². The first-order valence-electron chi connectivity index (χ1n) is 8.11. The number of likely N-dealkylation sites (tertiary alicyclic amines) is 2. The number of carbonyl (C=O) groups is 3. The van der Waals surface area contributed by atoms with Gasteiger partial charge < -0.3 is 20.2 Å². The first-order chi connectivity index (χ1) is 10.6. The van der Waals surface area contributed by atoms with E-state index in [0.29, 0.717) is 32.5 Å². The fourth-order valence-corrected chi connectivity index (χ4v) is 3.00. The maximum absolute atomic E-state index is 11.9. The van der Waals surface area contributed by atoms with Crippen LogP contribution in [0.5, 0.6) is 0 Å². The van der Waals surface area contributed by atoms with Gasteiger partial charge in [-0.15, -0.1) is 0 Å². The van der Waals surface area contributed by atoms with Crippen LogP contribution in [0.1, 0.15) is 38.5 Å². The van der Waals surface area contributed by atoms with E-state index in [-0.39, 0.29) is 18.5 Å². The SMILES string of the molecule is O=C(O)C1CCN(C(=O)NCCCN2CCCCCC2=O)C1. The number of carboxylic acid groups (broad SMARTS) is 1. The summed E-state index contributed by atoms with van der Waals surface area (Å²) in [5, 5.41) is 11.7. The summed E-state index contributed by atoms with van der Waals surface area (Å²) in [5.41, 5.74) is 0. The molecular weight excluding hydrogens is 286 g/mol. The molecule has 7 heteroatoms. The van der Waals surface area contributed by atoms with E-state index in [1.165, 1.54) is 0 Å². The van der Waals surface area contributed by atoms with E-state index in [0.717, 1.165) is 32.2 Å². The summed E-state index contributed by atoms with van der Waals surface area (Å²) in [6, 6.07) is -0.203. The van der Waals surface area contributed by atoms with Crippen molar-refractivity contribution < 1.29 is 19.5 Å². The summed E-state index contributed by atoms with van der Waals surface area (Å²) in [6.45, 7) is 2.78. The van der Waals surface area contributed by atoms with Crippen LogP contribution < -0.4 is 5.32 Å². The van der Waals surface area contributed by atoms with Gasteiger partial charge in [-0.2, -0.15) is 0 Å². The zero-order valence-electron chi connectivity index (χ0n) is 12.9. The Hall–Kier alpha value is -1.79. The van der Waals surface area contributed by atoms with Crippen molar-refractivity contribution in [2.24, 2.45) is 5.92 Å². The molecule has 0 bridgehead atoms. The van der Waals surface area contributed by atoms with Crippen molar-refractivity contribution in [3.05, 3.63) is 0 Å². The van der Waals surface area contributed by atoms with E-state index in [1.54, 1.807) is 4.90 Å². The minimum absolute atomic E-state index is 0.203. The summed E-state index contributed by atoms with van der Waals surface area (Å²) >= 11 is 0. The Morgan fingerprint density at radius 2 is 2.05 bits per heavy atom. The van der Waals surface area contributed by atoms with E-state index in [4.69, 9.17) is 5.11 Å². The molecule has 1 unspecified atom stereocenters. The molecule has 0 aliphatic carbocycles. The van der Waals surface area contributed by atoms with E-state index < -0.39 is 11.9 Å². The molecule has 0 aromatic rings. The predicted octanol–water partition coefficient (Wildman–Crippen LogP) is 0.895. The van der Waals surface area contributed by atoms with Gasteiger partial charge in [0.2, 0.25) is 5.91 Å². The third-order valence-corrected chi connectivity index (χ3v) is 4.38. The number of hydrogen-bond donors (Lipinski definition) is 2. The zero-order valence-corrected chi connectivity index (χ0v) is 12.9. The fourth-order valence-electron chi connectivity index (χ4n) is 3.00. The Labute approximate surface area is 130 Å². The van der Waals surface area contributed by atoms with Crippen molar-refractivity contribution in [1.29, 1.82) is 0 Å². The number of carbonyl (C=O) groups excluding carboxylic acids is 2. The minimum Gasteiger partial charge on any atom is -0.481 e. The number of nitrogens with zero attached hydrogens (tertiary/aromatic N) is 2. The van der Waals surface area contributed by atoms with Crippen molar-refractivity contribution in [3.8, 4) is 0 Å². The maximum atomic E-state index is 11.9. The van der Waals surface area contributed by atoms with Gasteiger partial charge in [-0.25, -0.2) is 4.79 Å². The van der Waals surface area contributed by atoms with E-state index in [1.807, 2.05) is 4.90 Å². The van der Waals surface area contributed by atoms with Crippen LogP contribution in [0.15, 0.2) is 0 Å². The van der Waals surface area contributed by atoms with Gasteiger partial charge in [-0.05, 0) is 25.7 Å². The van der Waals surface area contributed by atoms with Gasteiger partial charge in [0.15, 0.2) is 0 Å². The molecule has 22 heavy (non-hydrogen) atoms. The smallest absolute Gasteiger partial charge is 0.317 e. The summed E-state index contributed by atoms with van der Waals surface area (Å²) in [7, 11) is 0. The highest BCUT2D eigenvalue weighted by molar-refractivity contribution is 5.77. The van der Waals surface area contributed by atoms with Gasteiger partial charge in [-0.3, -0.25) is 9.59 Å². The molecule has 0 spiro atoms. The lowest BCUT2D eigenvalue weighted by Gasteiger charge is -2.21. The Morgan fingerprint density at radius 1 is 1.23 bits per heavy atom. The highest BCUT2D eigenvalue weighted by Crippen LogP contribution is 2.16. The minimum atomic E-state index is -0.838. The van der Waals surface area contributed by atoms with Crippen LogP contribution in [0.2, 0.25) is 0 Å². The number of aliphatic carboxylic acids is 1. The predicted molar refractivity (Wildman–Crippen MR) is 80.4 cm³/mol. The topological polar surface area (TPSA) is 89.9 Å². The first-order valence-corrected chi connectivity index (χ1v) is 8.11. The molecule has 2 N–H and O–H groups in total. The molecule has 2 aliphatic heterocycles. The molecule has 0 saturated carbocycles. The van der Waals surface area contributed by atoms with Crippen molar-refractivity contribution in [2.45, 2.75) is 38.5 Å². The monoisotopic (exact) mass is 311 g/mol.